The number of nitrogens with two attached hydrogens (primary N) is 1. The van der Waals surface area contributed by atoms with E-state index in [9.17, 15) is 5.26 Å². The predicted molar refractivity (Wildman–Crippen MR) is 120 cm³/mol. The maximum Gasteiger partial charge on any atom is 0.244 e. The number of H-pyrrole nitrogens is 1. The highest BCUT2D eigenvalue weighted by atomic mass is 32.2. The topological polar surface area (TPSA) is 87.7 Å². The van der Waals surface area contributed by atoms with E-state index in [1.807, 2.05) is 18.4 Å². The Balaban J connectivity index is 1.81. The van der Waals surface area contributed by atoms with Gasteiger partial charge in [0.25, 0.3) is 0 Å². The molecule has 0 radical (unpaired) electrons. The second-order valence-electron chi connectivity index (χ2n) is 7.81. The van der Waals surface area contributed by atoms with Crippen molar-refractivity contribution in [3.8, 4) is 23.2 Å². The van der Waals surface area contributed by atoms with Crippen LogP contribution in [0.3, 0.4) is 0 Å². The van der Waals surface area contributed by atoms with E-state index >= 15 is 0 Å². The fourth-order valence-corrected chi connectivity index (χ4v) is 4.28. The number of aromatic nitrogens is 2. The van der Waals surface area contributed by atoms with Crippen LogP contribution >= 0.6 is 11.8 Å². The molecule has 0 fully saturated rings. The van der Waals surface area contributed by atoms with Crippen LogP contribution in [0, 0.1) is 17.2 Å². The molecule has 0 saturated heterocycles. The quantitative estimate of drug-likeness (QED) is 0.557. The highest BCUT2D eigenvalue weighted by Crippen LogP contribution is 2.45. The Hall–Kier alpha value is -3.17. The van der Waals surface area contributed by atoms with Crippen molar-refractivity contribution < 1.29 is 4.74 Å². The van der Waals surface area contributed by atoms with Gasteiger partial charge in [0.1, 0.15) is 11.6 Å². The second-order valence-corrected chi connectivity index (χ2v) is 8.69. The van der Waals surface area contributed by atoms with Crippen LogP contribution in [0.25, 0.3) is 11.3 Å². The number of benzene rings is 2. The molecular weight excluding hydrogens is 392 g/mol. The van der Waals surface area contributed by atoms with Crippen LogP contribution in [0.5, 0.6) is 5.88 Å². The van der Waals surface area contributed by atoms with E-state index in [0.29, 0.717) is 17.4 Å². The molecule has 152 valence electrons. The van der Waals surface area contributed by atoms with Crippen molar-refractivity contribution in [1.82, 2.24) is 10.2 Å². The Morgan fingerprint density at radius 3 is 2.47 bits per heavy atom. The van der Waals surface area contributed by atoms with E-state index in [1.54, 1.807) is 11.8 Å². The molecule has 0 amide bonds. The molecule has 30 heavy (non-hydrogen) atoms. The molecule has 1 atom stereocenters. The van der Waals surface area contributed by atoms with Crippen molar-refractivity contribution in [2.75, 3.05) is 6.26 Å². The van der Waals surface area contributed by atoms with Gasteiger partial charge in [-0.15, -0.1) is 16.9 Å². The van der Waals surface area contributed by atoms with Crippen molar-refractivity contribution in [3.63, 3.8) is 0 Å². The fraction of sp³-hybridized carbons (Fsp3) is 0.250. The van der Waals surface area contributed by atoms with Gasteiger partial charge < -0.3 is 10.5 Å². The van der Waals surface area contributed by atoms with Crippen LogP contribution in [-0.4, -0.2) is 16.5 Å². The summed E-state index contributed by atoms with van der Waals surface area (Å²) >= 11 is 1.68. The predicted octanol–water partition coefficient (Wildman–Crippen LogP) is 5.22. The molecule has 0 spiro atoms. The maximum atomic E-state index is 9.84. The normalized spacial score (nSPS) is 15.6. The lowest BCUT2D eigenvalue weighted by molar-refractivity contribution is 0.379. The van der Waals surface area contributed by atoms with Gasteiger partial charge >= 0.3 is 0 Å². The molecule has 2 heterocycles. The lowest BCUT2D eigenvalue weighted by Gasteiger charge is -2.24. The summed E-state index contributed by atoms with van der Waals surface area (Å²) in [5.41, 5.74) is 11.5. The summed E-state index contributed by atoms with van der Waals surface area (Å²) in [5, 5.41) is 17.3. The zero-order chi connectivity index (χ0) is 21.3. The highest BCUT2D eigenvalue weighted by Gasteiger charge is 2.35. The van der Waals surface area contributed by atoms with Crippen LogP contribution in [0.15, 0.2) is 64.9 Å². The molecule has 1 aliphatic rings. The summed E-state index contributed by atoms with van der Waals surface area (Å²) in [6.45, 7) is 4.42. The molecule has 1 aliphatic heterocycles. The first-order valence-electron chi connectivity index (χ1n) is 9.91. The maximum absolute atomic E-state index is 9.84. The number of rotatable bonds is 5. The summed E-state index contributed by atoms with van der Waals surface area (Å²) in [4.78, 5) is 1.16. The molecule has 0 bridgehead atoms. The Morgan fingerprint density at radius 1 is 1.17 bits per heavy atom. The molecule has 5 nitrogen and oxygen atoms in total. The first kappa shape index (κ1) is 20.1. The van der Waals surface area contributed by atoms with Crippen molar-refractivity contribution in [2.45, 2.75) is 31.1 Å². The molecule has 1 aromatic heterocycles. The Bertz CT molecular complexity index is 1120. The molecule has 4 rings (SSSR count). The molecular formula is C24H24N4OS. The number of hydrogen-bond acceptors (Lipinski definition) is 5. The standard InChI is InChI=1S/C24H24N4OS/c1-14(2)12-15-4-6-17(7-5-15)22-21-20(16-8-10-18(30-3)11-9-16)19(13-25)23(26)29-24(21)28-27-22/h4-11,14,20H,12,26H2,1-3H3,(H,27,28)/t20-/m1/s1. The van der Waals surface area contributed by atoms with E-state index in [-0.39, 0.29) is 11.8 Å². The zero-order valence-electron chi connectivity index (χ0n) is 17.3. The third kappa shape index (κ3) is 3.69. The smallest absolute Gasteiger partial charge is 0.244 e. The van der Waals surface area contributed by atoms with Crippen LogP contribution < -0.4 is 10.5 Å². The lowest BCUT2D eigenvalue weighted by atomic mass is 9.83. The minimum atomic E-state index is -0.334. The number of thioether (sulfide) groups is 1. The summed E-state index contributed by atoms with van der Waals surface area (Å²) in [5.74, 6) is 0.795. The highest BCUT2D eigenvalue weighted by molar-refractivity contribution is 7.98. The van der Waals surface area contributed by atoms with Gasteiger partial charge in [-0.3, -0.25) is 5.10 Å². The summed E-state index contributed by atoms with van der Waals surface area (Å²) in [6, 6.07) is 18.9. The van der Waals surface area contributed by atoms with Gasteiger partial charge in [-0.05, 0) is 41.9 Å². The summed E-state index contributed by atoms with van der Waals surface area (Å²) in [7, 11) is 0. The molecule has 3 N–H and O–H groups in total. The average molecular weight is 417 g/mol. The Kier molecular flexibility index (Phi) is 5.56. The monoisotopic (exact) mass is 416 g/mol. The Labute approximate surface area is 181 Å². The third-order valence-corrected chi connectivity index (χ3v) is 6.02. The lowest BCUT2D eigenvalue weighted by Crippen LogP contribution is -2.20. The first-order valence-corrected chi connectivity index (χ1v) is 11.1. The number of aromatic amines is 1. The summed E-state index contributed by atoms with van der Waals surface area (Å²) in [6.07, 6.45) is 3.07. The Morgan fingerprint density at radius 2 is 1.87 bits per heavy atom. The summed E-state index contributed by atoms with van der Waals surface area (Å²) < 4.78 is 5.70. The minimum Gasteiger partial charge on any atom is -0.420 e. The van der Waals surface area contributed by atoms with Crippen molar-refractivity contribution in [2.24, 2.45) is 11.7 Å². The van der Waals surface area contributed by atoms with Gasteiger partial charge in [-0.1, -0.05) is 50.2 Å². The number of nitrogens with one attached hydrogen (secondary N) is 1. The van der Waals surface area contributed by atoms with Crippen LogP contribution in [0.1, 0.15) is 36.5 Å². The molecule has 3 aromatic rings. The van der Waals surface area contributed by atoms with E-state index in [2.05, 4.69) is 66.5 Å². The minimum absolute atomic E-state index is 0.106. The number of ether oxygens (including phenoxy) is 1. The number of nitrogens with zero attached hydrogens (tertiary/aromatic N) is 2. The van der Waals surface area contributed by atoms with Gasteiger partial charge in [0.2, 0.25) is 11.8 Å². The molecule has 6 heteroatoms. The number of fused-ring (bicyclic) bond motifs is 1. The van der Waals surface area contributed by atoms with Crippen LogP contribution in [0.2, 0.25) is 0 Å². The number of allylic oxidation sites excluding steroid dienone is 1. The number of hydrogen-bond donors (Lipinski definition) is 2. The van der Waals surface area contributed by atoms with E-state index < -0.39 is 0 Å². The molecule has 0 saturated carbocycles. The van der Waals surface area contributed by atoms with Crippen LogP contribution in [-0.2, 0) is 6.42 Å². The van der Waals surface area contributed by atoms with E-state index in [0.717, 1.165) is 33.7 Å². The van der Waals surface area contributed by atoms with Crippen molar-refractivity contribution in [1.29, 1.82) is 5.26 Å². The van der Waals surface area contributed by atoms with Crippen molar-refractivity contribution in [3.05, 3.63) is 76.7 Å². The average Bonchev–Trinajstić information content (AvgIpc) is 3.16. The third-order valence-electron chi connectivity index (χ3n) is 5.27. The largest absolute Gasteiger partial charge is 0.420 e. The zero-order valence-corrected chi connectivity index (χ0v) is 18.1. The van der Waals surface area contributed by atoms with E-state index in [4.69, 9.17) is 10.5 Å². The molecule has 0 aliphatic carbocycles. The van der Waals surface area contributed by atoms with Gasteiger partial charge in [-0.2, -0.15) is 5.26 Å². The number of nitriles is 1. The van der Waals surface area contributed by atoms with Crippen molar-refractivity contribution >= 4 is 11.8 Å². The van der Waals surface area contributed by atoms with Gasteiger partial charge in [0.05, 0.1) is 17.2 Å². The molecule has 0 unspecified atom stereocenters. The van der Waals surface area contributed by atoms with Gasteiger partial charge in [0.15, 0.2) is 0 Å². The second kappa shape index (κ2) is 8.29. The van der Waals surface area contributed by atoms with E-state index in [1.165, 1.54) is 5.56 Å². The SMILES string of the molecule is CSc1ccc([C@@H]2C(C#N)=C(N)Oc3n[nH]c(-c4ccc(CC(C)C)cc4)c32)cc1. The van der Waals surface area contributed by atoms with Crippen LogP contribution in [0.4, 0.5) is 0 Å². The first-order chi connectivity index (χ1) is 14.5. The van der Waals surface area contributed by atoms with Gasteiger partial charge in [0, 0.05) is 10.5 Å². The fourth-order valence-electron chi connectivity index (χ4n) is 3.87. The van der Waals surface area contributed by atoms with Gasteiger partial charge in [-0.25, -0.2) is 0 Å². The molecule has 2 aromatic carbocycles.